The number of rotatable bonds is 11. The van der Waals surface area contributed by atoms with Crippen LogP contribution in [0.15, 0.2) is 54.6 Å². The standard InChI is InChI=1S/C32H41N3O6/c1-5-31-16-17-32(41-31)26(25(31)28(37)34-22-12-14-24(15-13-22)40-6-2)30(39)35(27(32)29(38)33-20(3)4)23(19-36)18-21-10-8-7-9-11-21/h7-15,20,23,25-27,36H,5-6,16-19H2,1-4H3,(H,33,38)(H,34,37)/t23-,25-,26+,27?,31+,32?/m1/s1. The maximum atomic E-state index is 14.5. The van der Waals surface area contributed by atoms with E-state index in [0.29, 0.717) is 43.7 Å². The molecule has 2 aromatic carbocycles. The fourth-order valence-electron chi connectivity index (χ4n) is 7.27. The summed E-state index contributed by atoms with van der Waals surface area (Å²) < 4.78 is 12.3. The van der Waals surface area contributed by atoms with Crippen LogP contribution in [0, 0.1) is 11.8 Å². The Bertz CT molecular complexity index is 1270. The fourth-order valence-corrected chi connectivity index (χ4v) is 7.27. The first kappa shape index (κ1) is 29.1. The van der Waals surface area contributed by atoms with E-state index in [1.54, 1.807) is 24.3 Å². The minimum Gasteiger partial charge on any atom is -0.494 e. The zero-order chi connectivity index (χ0) is 29.4. The number of carbonyl (C=O) groups excluding carboxylic acids is 3. The molecular formula is C32H41N3O6. The molecule has 41 heavy (non-hydrogen) atoms. The second-order valence-corrected chi connectivity index (χ2v) is 11.7. The van der Waals surface area contributed by atoms with E-state index in [1.165, 1.54) is 4.90 Å². The van der Waals surface area contributed by atoms with E-state index < -0.39 is 35.1 Å². The molecular weight excluding hydrogens is 522 g/mol. The number of ether oxygens (including phenoxy) is 2. The predicted octanol–water partition coefficient (Wildman–Crippen LogP) is 3.31. The second kappa shape index (κ2) is 11.4. The Morgan fingerprint density at radius 1 is 1.07 bits per heavy atom. The zero-order valence-electron chi connectivity index (χ0n) is 24.3. The lowest BCUT2D eigenvalue weighted by Crippen LogP contribution is -2.59. The van der Waals surface area contributed by atoms with E-state index in [1.807, 2.05) is 58.0 Å². The van der Waals surface area contributed by atoms with Gasteiger partial charge in [-0.25, -0.2) is 0 Å². The summed E-state index contributed by atoms with van der Waals surface area (Å²) in [7, 11) is 0. The van der Waals surface area contributed by atoms with Crippen LogP contribution in [0.2, 0.25) is 0 Å². The number of likely N-dealkylation sites (tertiary alicyclic amines) is 1. The first-order valence-corrected chi connectivity index (χ1v) is 14.7. The van der Waals surface area contributed by atoms with Gasteiger partial charge in [-0.3, -0.25) is 14.4 Å². The van der Waals surface area contributed by atoms with Gasteiger partial charge in [-0.2, -0.15) is 0 Å². The van der Waals surface area contributed by atoms with Gasteiger partial charge in [0.25, 0.3) is 0 Å². The van der Waals surface area contributed by atoms with Crippen molar-refractivity contribution in [1.82, 2.24) is 10.2 Å². The quantitative estimate of drug-likeness (QED) is 0.386. The average Bonchev–Trinajstić information content (AvgIpc) is 3.56. The smallest absolute Gasteiger partial charge is 0.246 e. The molecule has 9 nitrogen and oxygen atoms in total. The maximum Gasteiger partial charge on any atom is 0.246 e. The number of carbonyl (C=O) groups is 3. The Morgan fingerprint density at radius 2 is 1.78 bits per heavy atom. The molecule has 2 aromatic rings. The van der Waals surface area contributed by atoms with Gasteiger partial charge in [-0.1, -0.05) is 37.3 Å². The highest BCUT2D eigenvalue weighted by Crippen LogP contribution is 2.64. The number of aliphatic hydroxyl groups excluding tert-OH is 1. The van der Waals surface area contributed by atoms with Gasteiger partial charge in [0.1, 0.15) is 17.4 Å². The SMILES string of the molecule is CCOc1ccc(NC(=O)[C@H]2[C@H]3C(=O)N([C@@H](CO)Cc4ccccc4)C(C(=O)NC(C)C)C34CC[C@]2(CC)O4)cc1. The number of amides is 3. The van der Waals surface area contributed by atoms with Gasteiger partial charge in [0.05, 0.1) is 36.7 Å². The summed E-state index contributed by atoms with van der Waals surface area (Å²) in [5.74, 6) is -1.86. The van der Waals surface area contributed by atoms with Crippen molar-refractivity contribution in [2.24, 2.45) is 11.8 Å². The first-order valence-electron chi connectivity index (χ1n) is 14.7. The van der Waals surface area contributed by atoms with Gasteiger partial charge < -0.3 is 30.1 Å². The molecule has 0 aliphatic carbocycles. The first-order chi connectivity index (χ1) is 19.7. The number of hydrogen-bond donors (Lipinski definition) is 3. The lowest BCUT2D eigenvalue weighted by Gasteiger charge is -2.37. The highest BCUT2D eigenvalue weighted by Gasteiger charge is 2.79. The van der Waals surface area contributed by atoms with Crippen molar-refractivity contribution in [2.75, 3.05) is 18.5 Å². The minimum absolute atomic E-state index is 0.158. The molecule has 5 rings (SSSR count). The van der Waals surface area contributed by atoms with Gasteiger partial charge in [0, 0.05) is 11.7 Å². The van der Waals surface area contributed by atoms with Gasteiger partial charge >= 0.3 is 0 Å². The van der Waals surface area contributed by atoms with Gasteiger partial charge in [0.2, 0.25) is 17.7 Å². The Labute approximate surface area is 241 Å². The number of nitrogens with one attached hydrogen (secondary N) is 2. The average molecular weight is 564 g/mol. The van der Waals surface area contributed by atoms with E-state index in [4.69, 9.17) is 9.47 Å². The topological polar surface area (TPSA) is 117 Å². The summed E-state index contributed by atoms with van der Waals surface area (Å²) >= 11 is 0. The van der Waals surface area contributed by atoms with Crippen LogP contribution in [-0.4, -0.2) is 70.3 Å². The van der Waals surface area contributed by atoms with Gasteiger partial charge in [-0.05, 0) is 76.3 Å². The van der Waals surface area contributed by atoms with Crippen molar-refractivity contribution in [3.05, 3.63) is 60.2 Å². The molecule has 2 bridgehead atoms. The maximum absolute atomic E-state index is 14.5. The van der Waals surface area contributed by atoms with Crippen molar-refractivity contribution >= 4 is 23.4 Å². The Kier molecular flexibility index (Phi) is 8.12. The predicted molar refractivity (Wildman–Crippen MR) is 154 cm³/mol. The van der Waals surface area contributed by atoms with Crippen LogP contribution in [-0.2, 0) is 25.5 Å². The van der Waals surface area contributed by atoms with Gasteiger partial charge in [0.15, 0.2) is 0 Å². The lowest BCUT2D eigenvalue weighted by atomic mass is 9.65. The molecule has 6 atom stereocenters. The molecule has 9 heteroatoms. The molecule has 3 fully saturated rings. The van der Waals surface area contributed by atoms with Crippen molar-refractivity contribution in [3.63, 3.8) is 0 Å². The molecule has 3 amide bonds. The number of benzene rings is 2. The highest BCUT2D eigenvalue weighted by molar-refractivity contribution is 6.02. The number of hydrogen-bond acceptors (Lipinski definition) is 6. The summed E-state index contributed by atoms with van der Waals surface area (Å²) in [4.78, 5) is 43.9. The Balaban J connectivity index is 1.52. The number of nitrogens with zero attached hydrogens (tertiary/aromatic N) is 1. The lowest BCUT2D eigenvalue weighted by molar-refractivity contribution is -0.150. The van der Waals surface area contributed by atoms with Crippen LogP contribution >= 0.6 is 0 Å². The van der Waals surface area contributed by atoms with Crippen LogP contribution < -0.4 is 15.4 Å². The Hall–Kier alpha value is -3.43. The largest absolute Gasteiger partial charge is 0.494 e. The molecule has 0 radical (unpaired) electrons. The van der Waals surface area contributed by atoms with Crippen molar-refractivity contribution in [2.45, 2.75) is 82.7 Å². The van der Waals surface area contributed by atoms with Gasteiger partial charge in [-0.15, -0.1) is 0 Å². The Morgan fingerprint density at radius 3 is 2.39 bits per heavy atom. The van der Waals surface area contributed by atoms with Crippen LogP contribution in [0.1, 0.15) is 52.5 Å². The summed E-state index contributed by atoms with van der Waals surface area (Å²) in [6, 6.07) is 15.0. The van der Waals surface area contributed by atoms with Crippen molar-refractivity contribution < 1.29 is 29.0 Å². The third-order valence-electron chi connectivity index (χ3n) is 8.93. The van der Waals surface area contributed by atoms with Crippen LogP contribution in [0.4, 0.5) is 5.69 Å². The molecule has 3 aliphatic rings. The van der Waals surface area contributed by atoms with Crippen molar-refractivity contribution in [3.8, 4) is 5.75 Å². The van der Waals surface area contributed by atoms with E-state index in [0.717, 1.165) is 5.56 Å². The molecule has 0 saturated carbocycles. The second-order valence-electron chi connectivity index (χ2n) is 11.7. The van der Waals surface area contributed by atoms with Crippen molar-refractivity contribution in [1.29, 1.82) is 0 Å². The monoisotopic (exact) mass is 563 g/mol. The minimum atomic E-state index is -1.16. The third kappa shape index (κ3) is 4.99. The summed E-state index contributed by atoms with van der Waals surface area (Å²) in [6.45, 7) is 7.83. The molecule has 220 valence electrons. The molecule has 3 saturated heterocycles. The van der Waals surface area contributed by atoms with E-state index in [2.05, 4.69) is 10.6 Å². The van der Waals surface area contributed by atoms with Crippen LogP contribution in [0.25, 0.3) is 0 Å². The summed E-state index contributed by atoms with van der Waals surface area (Å²) in [6.07, 6.45) is 1.96. The molecule has 0 aromatic heterocycles. The van der Waals surface area contributed by atoms with E-state index >= 15 is 0 Å². The van der Waals surface area contributed by atoms with Crippen LogP contribution in [0.3, 0.4) is 0 Å². The van der Waals surface area contributed by atoms with E-state index in [-0.39, 0.29) is 30.4 Å². The normalized spacial score (nSPS) is 29.0. The number of aliphatic hydroxyl groups is 1. The molecule has 3 heterocycles. The zero-order valence-corrected chi connectivity index (χ0v) is 24.3. The number of anilines is 1. The summed E-state index contributed by atoms with van der Waals surface area (Å²) in [5, 5.41) is 16.5. The third-order valence-corrected chi connectivity index (χ3v) is 8.93. The summed E-state index contributed by atoms with van der Waals surface area (Å²) in [5.41, 5.74) is -0.476. The fraction of sp³-hybridized carbons (Fsp3) is 0.531. The highest BCUT2D eigenvalue weighted by atomic mass is 16.5. The van der Waals surface area contributed by atoms with E-state index in [9.17, 15) is 19.5 Å². The number of fused-ring (bicyclic) bond motifs is 1. The molecule has 1 spiro atoms. The molecule has 3 aliphatic heterocycles. The van der Waals surface area contributed by atoms with Crippen LogP contribution in [0.5, 0.6) is 5.75 Å². The molecule has 2 unspecified atom stereocenters. The molecule has 3 N–H and O–H groups in total.